The van der Waals surface area contributed by atoms with Crippen LogP contribution in [0, 0.1) is 19.8 Å². The van der Waals surface area contributed by atoms with E-state index in [1.807, 2.05) is 26.8 Å². The van der Waals surface area contributed by atoms with E-state index in [2.05, 4.69) is 4.72 Å². The van der Waals surface area contributed by atoms with Crippen molar-refractivity contribution in [1.29, 1.82) is 0 Å². The first-order valence-corrected chi connectivity index (χ1v) is 8.43. The van der Waals surface area contributed by atoms with E-state index in [1.165, 1.54) is 0 Å². The number of hydrogen-bond acceptors (Lipinski definition) is 2. The molecule has 0 amide bonds. The second kappa shape index (κ2) is 6.73. The number of hydrogen-bond donors (Lipinski definition) is 1. The van der Waals surface area contributed by atoms with E-state index in [-0.39, 0.29) is 11.9 Å². The van der Waals surface area contributed by atoms with Gasteiger partial charge in [0.2, 0.25) is 10.0 Å². The Morgan fingerprint density at radius 2 is 1.89 bits per heavy atom. The summed E-state index contributed by atoms with van der Waals surface area (Å²) in [6.45, 7) is 7.84. The van der Waals surface area contributed by atoms with Gasteiger partial charge in [-0.3, -0.25) is 0 Å². The summed E-state index contributed by atoms with van der Waals surface area (Å²) in [5.74, 6) is 0.674. The van der Waals surface area contributed by atoms with Crippen molar-refractivity contribution >= 4 is 21.6 Å². The average Bonchev–Trinajstić information content (AvgIpc) is 2.26. The summed E-state index contributed by atoms with van der Waals surface area (Å²) in [7, 11) is -3.50. The van der Waals surface area contributed by atoms with Gasteiger partial charge >= 0.3 is 0 Å². The number of alkyl halides is 1. The molecule has 5 heteroatoms. The number of rotatable bonds is 6. The van der Waals surface area contributed by atoms with Crippen LogP contribution in [0.5, 0.6) is 0 Å². The van der Waals surface area contributed by atoms with Gasteiger partial charge < -0.3 is 0 Å². The van der Waals surface area contributed by atoms with Crippen molar-refractivity contribution < 1.29 is 8.42 Å². The summed E-state index contributed by atoms with van der Waals surface area (Å²) in [5, 5.41) is 0. The monoisotopic (exact) mass is 303 g/mol. The Morgan fingerprint density at radius 1 is 1.26 bits per heavy atom. The summed E-state index contributed by atoms with van der Waals surface area (Å²) in [6.07, 6.45) is 0.730. The zero-order valence-electron chi connectivity index (χ0n) is 11.9. The highest BCUT2D eigenvalue weighted by atomic mass is 35.5. The van der Waals surface area contributed by atoms with Gasteiger partial charge in [-0.15, -0.1) is 11.6 Å². The molecule has 0 heterocycles. The molecular formula is C14H22ClNO2S. The lowest BCUT2D eigenvalue weighted by atomic mass is 10.1. The summed E-state index contributed by atoms with van der Waals surface area (Å²) in [5.41, 5.74) is 1.80. The van der Waals surface area contributed by atoms with Crippen LogP contribution in [0.15, 0.2) is 23.1 Å². The third kappa shape index (κ3) is 4.79. The average molecular weight is 304 g/mol. The van der Waals surface area contributed by atoms with Gasteiger partial charge in [-0.25, -0.2) is 13.1 Å². The van der Waals surface area contributed by atoms with Gasteiger partial charge in [-0.1, -0.05) is 31.5 Å². The second-order valence-corrected chi connectivity index (χ2v) is 7.36. The number of nitrogens with one attached hydrogen (secondary N) is 1. The molecule has 0 aliphatic rings. The van der Waals surface area contributed by atoms with E-state index in [0.717, 1.165) is 17.5 Å². The highest BCUT2D eigenvalue weighted by molar-refractivity contribution is 7.89. The van der Waals surface area contributed by atoms with Crippen LogP contribution >= 0.6 is 11.6 Å². The Labute approximate surface area is 121 Å². The minimum absolute atomic E-state index is 0.229. The van der Waals surface area contributed by atoms with Crippen LogP contribution in [0.2, 0.25) is 0 Å². The number of sulfonamides is 1. The van der Waals surface area contributed by atoms with E-state index in [1.54, 1.807) is 19.1 Å². The van der Waals surface area contributed by atoms with E-state index >= 15 is 0 Å². The Balaban J connectivity index is 2.97. The SMILES string of the molecule is Cc1ccc(S(=O)(=O)NC(CCl)CC(C)C)c(C)c1. The molecule has 0 bridgehead atoms. The fraction of sp³-hybridized carbons (Fsp3) is 0.571. The zero-order chi connectivity index (χ0) is 14.6. The molecule has 3 nitrogen and oxygen atoms in total. The normalized spacial score (nSPS) is 13.8. The van der Waals surface area contributed by atoms with Crippen LogP contribution in [0.25, 0.3) is 0 Å². The first-order chi connectivity index (χ1) is 8.76. The van der Waals surface area contributed by atoms with Crippen LogP contribution in [-0.4, -0.2) is 20.3 Å². The maximum atomic E-state index is 12.3. The smallest absolute Gasteiger partial charge is 0.207 e. The van der Waals surface area contributed by atoms with E-state index in [0.29, 0.717) is 10.8 Å². The van der Waals surface area contributed by atoms with Crippen molar-refractivity contribution in [1.82, 2.24) is 4.72 Å². The summed E-state index contributed by atoms with van der Waals surface area (Å²) >= 11 is 5.84. The molecule has 1 N–H and O–H groups in total. The van der Waals surface area contributed by atoms with Crippen molar-refractivity contribution in [3.05, 3.63) is 29.3 Å². The predicted octanol–water partition coefficient (Wildman–Crippen LogP) is 3.24. The van der Waals surface area contributed by atoms with E-state index < -0.39 is 10.0 Å². The molecule has 0 aromatic heterocycles. The van der Waals surface area contributed by atoms with Gasteiger partial charge in [0.1, 0.15) is 0 Å². The largest absolute Gasteiger partial charge is 0.241 e. The molecule has 0 spiro atoms. The molecule has 1 unspecified atom stereocenters. The molecule has 19 heavy (non-hydrogen) atoms. The van der Waals surface area contributed by atoms with Crippen molar-refractivity contribution in [2.24, 2.45) is 5.92 Å². The number of aryl methyl sites for hydroxylation is 2. The highest BCUT2D eigenvalue weighted by Gasteiger charge is 2.21. The van der Waals surface area contributed by atoms with Crippen molar-refractivity contribution in [2.45, 2.75) is 45.1 Å². The standard InChI is InChI=1S/C14H22ClNO2S/c1-10(2)7-13(9-15)16-19(17,18)14-6-5-11(3)8-12(14)4/h5-6,8,10,13,16H,7,9H2,1-4H3. The fourth-order valence-corrected chi connectivity index (χ4v) is 3.87. The van der Waals surface area contributed by atoms with Crippen LogP contribution in [0.4, 0.5) is 0 Å². The molecule has 0 saturated carbocycles. The van der Waals surface area contributed by atoms with Gasteiger partial charge in [0.25, 0.3) is 0 Å². The van der Waals surface area contributed by atoms with Crippen LogP contribution in [0.3, 0.4) is 0 Å². The van der Waals surface area contributed by atoms with Crippen molar-refractivity contribution in [3.8, 4) is 0 Å². The molecule has 0 aliphatic carbocycles. The zero-order valence-corrected chi connectivity index (χ0v) is 13.5. The summed E-state index contributed by atoms with van der Waals surface area (Å²) in [6, 6.07) is 5.09. The molecule has 1 aromatic carbocycles. The Hall–Kier alpha value is -0.580. The highest BCUT2D eigenvalue weighted by Crippen LogP contribution is 2.18. The molecule has 1 aromatic rings. The quantitative estimate of drug-likeness (QED) is 0.820. The minimum Gasteiger partial charge on any atom is -0.207 e. The lowest BCUT2D eigenvalue weighted by molar-refractivity contribution is 0.485. The fourth-order valence-electron chi connectivity index (χ4n) is 2.10. The lowest BCUT2D eigenvalue weighted by Gasteiger charge is -2.19. The Bertz CT molecular complexity index is 526. The summed E-state index contributed by atoms with van der Waals surface area (Å²) < 4.78 is 27.4. The molecule has 0 radical (unpaired) electrons. The summed E-state index contributed by atoms with van der Waals surface area (Å²) in [4.78, 5) is 0.331. The van der Waals surface area contributed by atoms with Crippen LogP contribution in [-0.2, 0) is 10.0 Å². The topological polar surface area (TPSA) is 46.2 Å². The first-order valence-electron chi connectivity index (χ1n) is 6.41. The maximum Gasteiger partial charge on any atom is 0.241 e. The minimum atomic E-state index is -3.50. The van der Waals surface area contributed by atoms with Gasteiger partial charge in [0, 0.05) is 11.9 Å². The molecule has 1 rings (SSSR count). The van der Waals surface area contributed by atoms with E-state index in [4.69, 9.17) is 11.6 Å². The predicted molar refractivity (Wildman–Crippen MR) is 80.2 cm³/mol. The molecule has 0 saturated heterocycles. The molecule has 1 atom stereocenters. The maximum absolute atomic E-state index is 12.3. The molecule has 108 valence electrons. The molecular weight excluding hydrogens is 282 g/mol. The van der Waals surface area contributed by atoms with Crippen molar-refractivity contribution in [3.63, 3.8) is 0 Å². The number of halogens is 1. The third-order valence-corrected chi connectivity index (χ3v) is 4.94. The van der Waals surface area contributed by atoms with Gasteiger partial charge in [0.05, 0.1) is 4.90 Å². The van der Waals surface area contributed by atoms with Gasteiger partial charge in [0.15, 0.2) is 0 Å². The van der Waals surface area contributed by atoms with Crippen LogP contribution < -0.4 is 4.72 Å². The van der Waals surface area contributed by atoms with Gasteiger partial charge in [-0.05, 0) is 37.8 Å². The second-order valence-electron chi connectivity index (χ2n) is 5.37. The third-order valence-electron chi connectivity index (χ3n) is 2.88. The Morgan fingerprint density at radius 3 is 2.37 bits per heavy atom. The Kier molecular flexibility index (Phi) is 5.83. The first kappa shape index (κ1) is 16.5. The van der Waals surface area contributed by atoms with E-state index in [9.17, 15) is 8.42 Å². The number of benzene rings is 1. The molecule has 0 aliphatic heterocycles. The molecule has 0 fully saturated rings. The van der Waals surface area contributed by atoms with Crippen molar-refractivity contribution in [2.75, 3.05) is 5.88 Å². The lowest BCUT2D eigenvalue weighted by Crippen LogP contribution is -2.37. The van der Waals surface area contributed by atoms with Gasteiger partial charge in [-0.2, -0.15) is 0 Å². The van der Waals surface area contributed by atoms with Crippen LogP contribution in [0.1, 0.15) is 31.4 Å².